The summed E-state index contributed by atoms with van der Waals surface area (Å²) >= 11 is 2.00. The van der Waals surface area contributed by atoms with Crippen molar-refractivity contribution in [2.45, 2.75) is 38.0 Å². The Morgan fingerprint density at radius 3 is 2.86 bits per heavy atom. The van der Waals surface area contributed by atoms with E-state index in [9.17, 15) is 0 Å². The maximum atomic E-state index is 5.36. The van der Waals surface area contributed by atoms with Crippen LogP contribution in [0.3, 0.4) is 0 Å². The van der Waals surface area contributed by atoms with Crippen molar-refractivity contribution in [1.29, 1.82) is 0 Å². The highest BCUT2D eigenvalue weighted by Crippen LogP contribution is 2.20. The van der Waals surface area contributed by atoms with Crippen LogP contribution >= 0.6 is 11.8 Å². The first-order valence-corrected chi connectivity index (χ1v) is 6.38. The van der Waals surface area contributed by atoms with Gasteiger partial charge in [-0.15, -0.1) is 0 Å². The van der Waals surface area contributed by atoms with Crippen molar-refractivity contribution < 1.29 is 4.74 Å². The molecule has 0 saturated carbocycles. The van der Waals surface area contributed by atoms with E-state index in [4.69, 9.17) is 4.74 Å². The molecule has 1 heterocycles. The van der Waals surface area contributed by atoms with Crippen LogP contribution in [0.1, 0.15) is 26.7 Å². The van der Waals surface area contributed by atoms with Gasteiger partial charge < -0.3 is 10.1 Å². The van der Waals surface area contributed by atoms with Crippen LogP contribution in [0.4, 0.5) is 0 Å². The first-order valence-electron chi connectivity index (χ1n) is 5.33. The van der Waals surface area contributed by atoms with E-state index in [2.05, 4.69) is 19.2 Å². The average Bonchev–Trinajstić information content (AvgIpc) is 2.20. The Kier molecular flexibility index (Phi) is 5.41. The molecule has 14 heavy (non-hydrogen) atoms. The molecule has 1 atom stereocenters. The van der Waals surface area contributed by atoms with Gasteiger partial charge in [0.2, 0.25) is 0 Å². The van der Waals surface area contributed by atoms with Gasteiger partial charge in [-0.2, -0.15) is 11.8 Å². The fourth-order valence-corrected chi connectivity index (χ4v) is 2.46. The van der Waals surface area contributed by atoms with E-state index in [1.807, 2.05) is 25.1 Å². The highest BCUT2D eigenvalue weighted by atomic mass is 32.2. The number of likely N-dealkylation sites (N-methyl/N-ethyl adjacent to an activating group) is 1. The fourth-order valence-electron chi connectivity index (χ4n) is 1.51. The summed E-state index contributed by atoms with van der Waals surface area (Å²) in [6, 6.07) is 0.489. The van der Waals surface area contributed by atoms with E-state index in [0.29, 0.717) is 11.3 Å². The molecule has 3 heteroatoms. The van der Waals surface area contributed by atoms with Gasteiger partial charge >= 0.3 is 0 Å². The Bertz CT molecular complexity index is 192. The third kappa shape index (κ3) is 3.93. The Labute approximate surface area is 91.5 Å². The van der Waals surface area contributed by atoms with Crippen molar-refractivity contribution in [2.24, 2.45) is 0 Å². The van der Waals surface area contributed by atoms with Crippen LogP contribution in [0.15, 0.2) is 11.8 Å². The number of rotatable bonds is 5. The van der Waals surface area contributed by atoms with Crippen molar-refractivity contribution in [3.8, 4) is 0 Å². The lowest BCUT2D eigenvalue weighted by Gasteiger charge is -2.23. The molecule has 1 N–H and O–H groups in total. The molecule has 0 aliphatic carbocycles. The molecule has 1 aliphatic heterocycles. The molecule has 0 bridgehead atoms. The van der Waals surface area contributed by atoms with E-state index in [0.717, 1.165) is 18.8 Å². The van der Waals surface area contributed by atoms with Gasteiger partial charge in [-0.3, -0.25) is 0 Å². The van der Waals surface area contributed by atoms with Gasteiger partial charge in [0.15, 0.2) is 0 Å². The summed E-state index contributed by atoms with van der Waals surface area (Å²) < 4.78 is 5.36. The molecule has 0 aromatic rings. The van der Waals surface area contributed by atoms with Gasteiger partial charge in [0.25, 0.3) is 0 Å². The van der Waals surface area contributed by atoms with Crippen molar-refractivity contribution in [1.82, 2.24) is 5.32 Å². The first kappa shape index (κ1) is 11.9. The molecule has 0 aromatic carbocycles. The minimum absolute atomic E-state index is 0.489. The Hall–Kier alpha value is -0.150. The van der Waals surface area contributed by atoms with Crippen molar-refractivity contribution >= 4 is 11.8 Å². The molecule has 0 aromatic heterocycles. The lowest BCUT2D eigenvalue weighted by atomic mass is 10.0. The third-order valence-electron chi connectivity index (χ3n) is 2.35. The van der Waals surface area contributed by atoms with E-state index < -0.39 is 0 Å². The lowest BCUT2D eigenvalue weighted by molar-refractivity contribution is 0.221. The molecule has 0 radical (unpaired) electrons. The molecule has 0 spiro atoms. The largest absolute Gasteiger partial charge is 0.501 e. The second-order valence-electron chi connectivity index (χ2n) is 3.89. The number of ether oxygens (including phenoxy) is 1. The second-order valence-corrected chi connectivity index (χ2v) is 5.50. The minimum Gasteiger partial charge on any atom is -0.501 e. The van der Waals surface area contributed by atoms with Gasteiger partial charge in [-0.05, 0) is 30.7 Å². The predicted molar refractivity (Wildman–Crippen MR) is 63.7 cm³/mol. The quantitative estimate of drug-likeness (QED) is 0.761. The minimum atomic E-state index is 0.489. The van der Waals surface area contributed by atoms with Crippen molar-refractivity contribution in [3.63, 3.8) is 0 Å². The predicted octanol–water partition coefficient (Wildman–Crippen LogP) is 2.41. The zero-order valence-corrected chi connectivity index (χ0v) is 10.2. The maximum absolute atomic E-state index is 5.36. The molecule has 0 saturated heterocycles. The Morgan fingerprint density at radius 1 is 1.57 bits per heavy atom. The molecule has 1 unspecified atom stereocenters. The zero-order chi connectivity index (χ0) is 10.4. The number of nitrogens with one attached hydrogen (secondary N) is 1. The highest BCUT2D eigenvalue weighted by Gasteiger charge is 2.15. The molecular weight excluding hydrogens is 194 g/mol. The van der Waals surface area contributed by atoms with Crippen molar-refractivity contribution in [3.05, 3.63) is 11.8 Å². The lowest BCUT2D eigenvalue weighted by Crippen LogP contribution is -2.31. The molecule has 82 valence electrons. The highest BCUT2D eigenvalue weighted by molar-refractivity contribution is 7.99. The second kappa shape index (κ2) is 6.36. The first-order chi connectivity index (χ1) is 6.74. The van der Waals surface area contributed by atoms with Gasteiger partial charge in [0.05, 0.1) is 12.9 Å². The molecular formula is C11H21NOS. The van der Waals surface area contributed by atoms with E-state index in [-0.39, 0.29) is 0 Å². The van der Waals surface area contributed by atoms with Crippen LogP contribution in [0.2, 0.25) is 0 Å². The summed E-state index contributed by atoms with van der Waals surface area (Å²) in [4.78, 5) is 0. The molecule has 1 aliphatic rings. The van der Waals surface area contributed by atoms with E-state index in [1.165, 1.54) is 12.0 Å². The van der Waals surface area contributed by atoms with Gasteiger partial charge in [-0.1, -0.05) is 13.8 Å². The molecule has 2 nitrogen and oxygen atoms in total. The number of hydrogen-bond acceptors (Lipinski definition) is 3. The third-order valence-corrected chi connectivity index (χ3v) is 3.55. The number of hydrogen-bond donors (Lipinski definition) is 1. The Balaban J connectivity index is 2.39. The molecule has 1 rings (SSSR count). The zero-order valence-electron chi connectivity index (χ0n) is 9.38. The van der Waals surface area contributed by atoms with Crippen LogP contribution in [0.5, 0.6) is 0 Å². The monoisotopic (exact) mass is 215 g/mol. The number of thioether (sulfide) groups is 1. The SMILES string of the molecule is CNC(CSC(C)C)C1=COCCC1. The van der Waals surface area contributed by atoms with Crippen molar-refractivity contribution in [2.75, 3.05) is 19.4 Å². The van der Waals surface area contributed by atoms with Crippen LogP contribution in [0, 0.1) is 0 Å². The maximum Gasteiger partial charge on any atom is 0.0876 e. The van der Waals surface area contributed by atoms with Crippen LogP contribution in [-0.2, 0) is 4.74 Å². The fraction of sp³-hybridized carbons (Fsp3) is 0.818. The Morgan fingerprint density at radius 2 is 2.36 bits per heavy atom. The smallest absolute Gasteiger partial charge is 0.0876 e. The topological polar surface area (TPSA) is 21.3 Å². The summed E-state index contributed by atoms with van der Waals surface area (Å²) in [5.74, 6) is 1.14. The van der Waals surface area contributed by atoms with Crippen LogP contribution in [0.25, 0.3) is 0 Å². The summed E-state index contributed by atoms with van der Waals surface area (Å²) in [7, 11) is 2.03. The van der Waals surface area contributed by atoms with Crippen LogP contribution in [-0.4, -0.2) is 30.7 Å². The summed E-state index contributed by atoms with van der Waals surface area (Å²) in [6.07, 6.45) is 4.30. The van der Waals surface area contributed by atoms with E-state index >= 15 is 0 Å². The summed E-state index contributed by atoms with van der Waals surface area (Å²) in [6.45, 7) is 5.36. The standard InChI is InChI=1S/C11H21NOS/c1-9(2)14-8-11(12-3)10-5-4-6-13-7-10/h7,9,11-12H,4-6,8H2,1-3H3. The van der Waals surface area contributed by atoms with Gasteiger partial charge in [0.1, 0.15) is 0 Å². The average molecular weight is 215 g/mol. The van der Waals surface area contributed by atoms with Gasteiger partial charge in [-0.25, -0.2) is 0 Å². The normalized spacial score (nSPS) is 19.0. The van der Waals surface area contributed by atoms with Crippen LogP contribution < -0.4 is 5.32 Å². The summed E-state index contributed by atoms with van der Waals surface area (Å²) in [5.41, 5.74) is 1.42. The summed E-state index contributed by atoms with van der Waals surface area (Å²) in [5, 5.41) is 4.06. The molecule has 0 fully saturated rings. The van der Waals surface area contributed by atoms with Gasteiger partial charge in [0, 0.05) is 11.8 Å². The molecule has 0 amide bonds. The van der Waals surface area contributed by atoms with E-state index in [1.54, 1.807) is 0 Å².